The van der Waals surface area contributed by atoms with Crippen LogP contribution in [0.3, 0.4) is 0 Å². The third-order valence-corrected chi connectivity index (χ3v) is 2.65. The Balaban J connectivity index is 2.71. The minimum atomic E-state index is -0.877. The first kappa shape index (κ1) is 11.7. The molecular formula is C10H17N3O2. The van der Waals surface area contributed by atoms with Crippen LogP contribution in [0.1, 0.15) is 19.5 Å². The smallest absolute Gasteiger partial charge is 0.323 e. The van der Waals surface area contributed by atoms with Gasteiger partial charge in [0.2, 0.25) is 0 Å². The van der Waals surface area contributed by atoms with E-state index in [1.165, 1.54) is 0 Å². The molecular weight excluding hydrogens is 194 g/mol. The van der Waals surface area contributed by atoms with Gasteiger partial charge in [0.05, 0.1) is 5.69 Å². The SMILES string of the molecule is CN(Cc1ccn(C)n1)C(C)(C)C(=O)O. The number of likely N-dealkylation sites (N-methyl/N-ethyl adjacent to an activating group) is 1. The lowest BCUT2D eigenvalue weighted by molar-refractivity contribution is -0.148. The number of carboxylic acids is 1. The number of aromatic nitrogens is 2. The van der Waals surface area contributed by atoms with Crippen molar-refractivity contribution < 1.29 is 9.90 Å². The lowest BCUT2D eigenvalue weighted by atomic mass is 10.0. The third kappa shape index (κ3) is 2.56. The van der Waals surface area contributed by atoms with E-state index in [1.54, 1.807) is 30.5 Å². The highest BCUT2D eigenvalue weighted by Crippen LogP contribution is 2.14. The maximum atomic E-state index is 11.0. The molecule has 1 aromatic rings. The average Bonchev–Trinajstić information content (AvgIpc) is 2.50. The number of aryl methyl sites for hydroxylation is 1. The first-order valence-corrected chi connectivity index (χ1v) is 4.77. The van der Waals surface area contributed by atoms with E-state index >= 15 is 0 Å². The van der Waals surface area contributed by atoms with E-state index in [-0.39, 0.29) is 0 Å². The summed E-state index contributed by atoms with van der Waals surface area (Å²) in [5, 5.41) is 13.2. The van der Waals surface area contributed by atoms with Crippen molar-refractivity contribution in [2.24, 2.45) is 7.05 Å². The van der Waals surface area contributed by atoms with Crippen LogP contribution in [0.2, 0.25) is 0 Å². The molecule has 0 aliphatic carbocycles. The Morgan fingerprint density at radius 2 is 2.27 bits per heavy atom. The standard InChI is InChI=1S/C10H17N3O2/c1-10(2,9(14)15)12(3)7-8-5-6-13(4)11-8/h5-6H,7H2,1-4H3,(H,14,15). The van der Waals surface area contributed by atoms with Crippen molar-refractivity contribution in [2.45, 2.75) is 25.9 Å². The number of carboxylic acid groups (broad SMARTS) is 1. The Morgan fingerprint density at radius 3 is 2.67 bits per heavy atom. The van der Waals surface area contributed by atoms with Crippen molar-refractivity contribution in [3.05, 3.63) is 18.0 Å². The topological polar surface area (TPSA) is 58.4 Å². The summed E-state index contributed by atoms with van der Waals surface area (Å²) in [7, 11) is 3.62. The van der Waals surface area contributed by atoms with Crippen LogP contribution in [0, 0.1) is 0 Å². The molecule has 0 atom stereocenters. The fourth-order valence-corrected chi connectivity index (χ4v) is 1.15. The normalized spacial score (nSPS) is 12.1. The van der Waals surface area contributed by atoms with Crippen LogP contribution >= 0.6 is 0 Å². The van der Waals surface area contributed by atoms with Crippen LogP contribution in [0.25, 0.3) is 0 Å². The fraction of sp³-hybridized carbons (Fsp3) is 0.600. The summed E-state index contributed by atoms with van der Waals surface area (Å²) in [6.45, 7) is 3.89. The van der Waals surface area contributed by atoms with Gasteiger partial charge in [0, 0.05) is 19.8 Å². The van der Waals surface area contributed by atoms with Gasteiger partial charge in [-0.15, -0.1) is 0 Å². The number of aliphatic carboxylic acids is 1. The van der Waals surface area contributed by atoms with Crippen LogP contribution in [0.5, 0.6) is 0 Å². The predicted octanol–water partition coefficient (Wildman–Crippen LogP) is 0.715. The van der Waals surface area contributed by atoms with E-state index in [0.717, 1.165) is 5.69 Å². The zero-order chi connectivity index (χ0) is 11.6. The Hall–Kier alpha value is -1.36. The molecule has 0 aromatic carbocycles. The van der Waals surface area contributed by atoms with Crippen LogP contribution in [-0.2, 0) is 18.4 Å². The van der Waals surface area contributed by atoms with Gasteiger partial charge in [-0.05, 0) is 27.0 Å². The number of nitrogens with zero attached hydrogens (tertiary/aromatic N) is 3. The molecule has 0 fully saturated rings. The molecule has 0 aliphatic heterocycles. The monoisotopic (exact) mass is 211 g/mol. The van der Waals surface area contributed by atoms with Gasteiger partial charge in [0.25, 0.3) is 0 Å². The highest BCUT2D eigenvalue weighted by molar-refractivity contribution is 5.77. The summed E-state index contributed by atoms with van der Waals surface area (Å²) >= 11 is 0. The molecule has 0 amide bonds. The maximum Gasteiger partial charge on any atom is 0.323 e. The Morgan fingerprint density at radius 1 is 1.67 bits per heavy atom. The molecule has 84 valence electrons. The molecule has 0 radical (unpaired) electrons. The molecule has 0 unspecified atom stereocenters. The first-order chi connectivity index (χ1) is 6.84. The second kappa shape index (κ2) is 4.02. The lowest BCUT2D eigenvalue weighted by Gasteiger charge is -2.30. The van der Waals surface area contributed by atoms with Crippen molar-refractivity contribution in [1.82, 2.24) is 14.7 Å². The second-order valence-electron chi connectivity index (χ2n) is 4.20. The van der Waals surface area contributed by atoms with Crippen molar-refractivity contribution >= 4 is 5.97 Å². The van der Waals surface area contributed by atoms with Gasteiger partial charge in [-0.2, -0.15) is 5.10 Å². The number of carbonyl (C=O) groups is 1. The van der Waals surface area contributed by atoms with E-state index in [9.17, 15) is 4.79 Å². The predicted molar refractivity (Wildman–Crippen MR) is 56.4 cm³/mol. The van der Waals surface area contributed by atoms with Crippen molar-refractivity contribution in [3.63, 3.8) is 0 Å². The summed E-state index contributed by atoms with van der Waals surface area (Å²) in [4.78, 5) is 12.8. The van der Waals surface area contributed by atoms with Crippen molar-refractivity contribution in [1.29, 1.82) is 0 Å². The summed E-state index contributed by atoms with van der Waals surface area (Å²) in [6, 6.07) is 1.88. The van der Waals surface area contributed by atoms with E-state index in [0.29, 0.717) is 6.54 Å². The minimum Gasteiger partial charge on any atom is -0.480 e. The van der Waals surface area contributed by atoms with Crippen LogP contribution < -0.4 is 0 Å². The van der Waals surface area contributed by atoms with Gasteiger partial charge in [-0.1, -0.05) is 0 Å². The molecule has 5 nitrogen and oxygen atoms in total. The van der Waals surface area contributed by atoms with Gasteiger partial charge >= 0.3 is 5.97 Å². The Labute approximate surface area is 89.3 Å². The Kier molecular flexibility index (Phi) is 3.14. The highest BCUT2D eigenvalue weighted by atomic mass is 16.4. The van der Waals surface area contributed by atoms with Crippen LogP contribution in [0.15, 0.2) is 12.3 Å². The average molecular weight is 211 g/mol. The molecule has 1 aromatic heterocycles. The van der Waals surface area contributed by atoms with Gasteiger partial charge in [0.15, 0.2) is 0 Å². The molecule has 0 spiro atoms. The minimum absolute atomic E-state index is 0.528. The first-order valence-electron chi connectivity index (χ1n) is 4.77. The Bertz CT molecular complexity index is 357. The van der Waals surface area contributed by atoms with E-state index < -0.39 is 11.5 Å². The van der Waals surface area contributed by atoms with Gasteiger partial charge in [-0.3, -0.25) is 14.4 Å². The van der Waals surface area contributed by atoms with Gasteiger partial charge in [0.1, 0.15) is 5.54 Å². The molecule has 15 heavy (non-hydrogen) atoms. The zero-order valence-corrected chi connectivity index (χ0v) is 9.56. The molecule has 0 saturated carbocycles. The molecule has 5 heteroatoms. The molecule has 0 bridgehead atoms. The van der Waals surface area contributed by atoms with Crippen LogP contribution in [0.4, 0.5) is 0 Å². The van der Waals surface area contributed by atoms with E-state index in [1.807, 2.05) is 19.3 Å². The quantitative estimate of drug-likeness (QED) is 0.797. The molecule has 0 saturated heterocycles. The van der Waals surface area contributed by atoms with Gasteiger partial charge < -0.3 is 5.11 Å². The summed E-state index contributed by atoms with van der Waals surface area (Å²) in [5.41, 5.74) is -0.00771. The van der Waals surface area contributed by atoms with Gasteiger partial charge in [-0.25, -0.2) is 0 Å². The number of hydrogen-bond donors (Lipinski definition) is 1. The molecule has 1 N–H and O–H groups in total. The van der Waals surface area contributed by atoms with Crippen LogP contribution in [-0.4, -0.2) is 38.3 Å². The maximum absolute atomic E-state index is 11.0. The number of rotatable bonds is 4. The van der Waals surface area contributed by atoms with Crippen molar-refractivity contribution in [2.75, 3.05) is 7.05 Å². The fourth-order valence-electron chi connectivity index (χ4n) is 1.15. The second-order valence-corrected chi connectivity index (χ2v) is 4.20. The highest BCUT2D eigenvalue weighted by Gasteiger charge is 2.32. The summed E-state index contributed by atoms with van der Waals surface area (Å²) in [5.74, 6) is -0.832. The van der Waals surface area contributed by atoms with E-state index in [2.05, 4.69) is 5.10 Å². The molecule has 1 heterocycles. The summed E-state index contributed by atoms with van der Waals surface area (Å²) in [6.07, 6.45) is 1.84. The van der Waals surface area contributed by atoms with Crippen molar-refractivity contribution in [3.8, 4) is 0 Å². The molecule has 1 rings (SSSR count). The zero-order valence-electron chi connectivity index (χ0n) is 9.56. The third-order valence-electron chi connectivity index (χ3n) is 2.65. The lowest BCUT2D eigenvalue weighted by Crippen LogP contribution is -2.47. The largest absolute Gasteiger partial charge is 0.480 e. The number of hydrogen-bond acceptors (Lipinski definition) is 3. The van der Waals surface area contributed by atoms with E-state index in [4.69, 9.17) is 5.11 Å². The molecule has 0 aliphatic rings. The summed E-state index contributed by atoms with van der Waals surface area (Å²) < 4.78 is 1.71.